The SMILES string of the molecule is CCOC(=O)C(C(=O)OCC)C(C)C#N. The molecule has 5 nitrogen and oxygen atoms in total. The van der Waals surface area contributed by atoms with Crippen molar-refractivity contribution in [3.05, 3.63) is 0 Å². The molecule has 0 radical (unpaired) electrons. The van der Waals surface area contributed by atoms with Crippen molar-refractivity contribution in [2.45, 2.75) is 20.8 Å². The van der Waals surface area contributed by atoms with Crippen molar-refractivity contribution in [2.24, 2.45) is 11.8 Å². The quantitative estimate of drug-likeness (QED) is 0.500. The third-order valence-corrected chi connectivity index (χ3v) is 1.78. The first-order chi connectivity index (χ1) is 7.08. The van der Waals surface area contributed by atoms with Gasteiger partial charge in [0.15, 0.2) is 5.92 Å². The van der Waals surface area contributed by atoms with Crippen molar-refractivity contribution in [1.29, 1.82) is 5.26 Å². The number of hydrogen-bond acceptors (Lipinski definition) is 5. The third-order valence-electron chi connectivity index (χ3n) is 1.78. The number of nitrogens with zero attached hydrogens (tertiary/aromatic N) is 1. The summed E-state index contributed by atoms with van der Waals surface area (Å²) in [4.78, 5) is 22.8. The average Bonchev–Trinajstić information content (AvgIpc) is 2.18. The van der Waals surface area contributed by atoms with Crippen molar-refractivity contribution < 1.29 is 19.1 Å². The summed E-state index contributed by atoms with van der Waals surface area (Å²) in [7, 11) is 0. The Morgan fingerprint density at radius 3 is 1.87 bits per heavy atom. The first-order valence-corrected chi connectivity index (χ1v) is 4.81. The minimum atomic E-state index is -1.14. The van der Waals surface area contributed by atoms with Gasteiger partial charge >= 0.3 is 11.9 Å². The van der Waals surface area contributed by atoms with Crippen molar-refractivity contribution in [1.82, 2.24) is 0 Å². The van der Waals surface area contributed by atoms with Gasteiger partial charge in [0.2, 0.25) is 0 Å². The molecule has 0 spiro atoms. The van der Waals surface area contributed by atoms with Crippen LogP contribution in [0.15, 0.2) is 0 Å². The van der Waals surface area contributed by atoms with Crippen LogP contribution in [0.5, 0.6) is 0 Å². The van der Waals surface area contributed by atoms with Crippen LogP contribution in [0.3, 0.4) is 0 Å². The van der Waals surface area contributed by atoms with Gasteiger partial charge < -0.3 is 9.47 Å². The molecule has 0 fully saturated rings. The van der Waals surface area contributed by atoms with E-state index in [1.807, 2.05) is 6.07 Å². The highest BCUT2D eigenvalue weighted by molar-refractivity contribution is 5.95. The van der Waals surface area contributed by atoms with Gasteiger partial charge in [-0.3, -0.25) is 9.59 Å². The van der Waals surface area contributed by atoms with Crippen LogP contribution < -0.4 is 0 Å². The fourth-order valence-electron chi connectivity index (χ4n) is 1.04. The van der Waals surface area contributed by atoms with Gasteiger partial charge in [-0.2, -0.15) is 5.26 Å². The smallest absolute Gasteiger partial charge is 0.321 e. The molecular formula is C10H15NO4. The molecule has 0 saturated heterocycles. The Kier molecular flexibility index (Phi) is 6.11. The lowest BCUT2D eigenvalue weighted by Crippen LogP contribution is -2.32. The fraction of sp³-hybridized carbons (Fsp3) is 0.700. The zero-order valence-electron chi connectivity index (χ0n) is 9.15. The highest BCUT2D eigenvalue weighted by atomic mass is 16.6. The average molecular weight is 213 g/mol. The summed E-state index contributed by atoms with van der Waals surface area (Å²) in [6.45, 7) is 5.10. The molecule has 5 heteroatoms. The Morgan fingerprint density at radius 1 is 1.20 bits per heavy atom. The Morgan fingerprint density at radius 2 is 1.60 bits per heavy atom. The molecule has 0 aromatic rings. The molecule has 1 unspecified atom stereocenters. The van der Waals surface area contributed by atoms with Gasteiger partial charge in [0.25, 0.3) is 0 Å². The topological polar surface area (TPSA) is 76.4 Å². The predicted molar refractivity (Wildman–Crippen MR) is 51.5 cm³/mol. The summed E-state index contributed by atoms with van der Waals surface area (Å²) in [6.07, 6.45) is 0. The monoisotopic (exact) mass is 213 g/mol. The molecule has 0 aromatic carbocycles. The zero-order chi connectivity index (χ0) is 11.8. The Labute approximate surface area is 89.0 Å². The number of nitriles is 1. The second kappa shape index (κ2) is 6.82. The van der Waals surface area contributed by atoms with Gasteiger partial charge in [0.1, 0.15) is 0 Å². The fourth-order valence-corrected chi connectivity index (χ4v) is 1.04. The van der Waals surface area contributed by atoms with E-state index in [0.29, 0.717) is 0 Å². The lowest BCUT2D eigenvalue weighted by atomic mass is 9.96. The van der Waals surface area contributed by atoms with Crippen LogP contribution in [0, 0.1) is 23.2 Å². The summed E-state index contributed by atoms with van der Waals surface area (Å²) < 4.78 is 9.41. The first-order valence-electron chi connectivity index (χ1n) is 4.81. The summed E-state index contributed by atoms with van der Waals surface area (Å²) in [5.74, 6) is -3.30. The molecule has 1 atom stereocenters. The zero-order valence-corrected chi connectivity index (χ0v) is 9.15. The molecule has 0 aliphatic rings. The highest BCUT2D eigenvalue weighted by Crippen LogP contribution is 2.14. The largest absolute Gasteiger partial charge is 0.465 e. The highest BCUT2D eigenvalue weighted by Gasteiger charge is 2.35. The minimum absolute atomic E-state index is 0.173. The van der Waals surface area contributed by atoms with Crippen molar-refractivity contribution >= 4 is 11.9 Å². The summed E-state index contributed by atoms with van der Waals surface area (Å²) in [5, 5.41) is 8.67. The summed E-state index contributed by atoms with van der Waals surface area (Å²) in [6, 6.07) is 1.84. The molecule has 0 aliphatic carbocycles. The van der Waals surface area contributed by atoms with Gasteiger partial charge in [-0.25, -0.2) is 0 Å². The van der Waals surface area contributed by atoms with E-state index in [1.165, 1.54) is 6.92 Å². The molecule has 0 saturated carbocycles. The van der Waals surface area contributed by atoms with E-state index in [0.717, 1.165) is 0 Å². The number of carbonyl (C=O) groups is 2. The molecule has 0 rings (SSSR count). The Bertz CT molecular complexity index is 251. The van der Waals surface area contributed by atoms with Crippen LogP contribution in [-0.2, 0) is 19.1 Å². The molecular weight excluding hydrogens is 198 g/mol. The van der Waals surface area contributed by atoms with E-state index in [4.69, 9.17) is 14.7 Å². The molecule has 0 amide bonds. The van der Waals surface area contributed by atoms with E-state index < -0.39 is 23.8 Å². The Hall–Kier alpha value is -1.57. The maximum Gasteiger partial charge on any atom is 0.321 e. The molecule has 15 heavy (non-hydrogen) atoms. The van der Waals surface area contributed by atoms with E-state index in [2.05, 4.69) is 0 Å². The number of ether oxygens (including phenoxy) is 2. The first kappa shape index (κ1) is 13.4. The number of hydrogen-bond donors (Lipinski definition) is 0. The van der Waals surface area contributed by atoms with Crippen LogP contribution in [0.4, 0.5) is 0 Å². The van der Waals surface area contributed by atoms with E-state index in [-0.39, 0.29) is 13.2 Å². The lowest BCUT2D eigenvalue weighted by Gasteiger charge is -2.15. The van der Waals surface area contributed by atoms with E-state index in [9.17, 15) is 9.59 Å². The molecule has 0 heterocycles. The van der Waals surface area contributed by atoms with Crippen molar-refractivity contribution in [3.8, 4) is 6.07 Å². The predicted octanol–water partition coefficient (Wildman–Crippen LogP) is 0.888. The molecule has 0 aliphatic heterocycles. The van der Waals surface area contributed by atoms with Gasteiger partial charge in [0.05, 0.1) is 25.2 Å². The maximum absolute atomic E-state index is 11.4. The van der Waals surface area contributed by atoms with E-state index in [1.54, 1.807) is 13.8 Å². The van der Waals surface area contributed by atoms with E-state index >= 15 is 0 Å². The second-order valence-corrected chi connectivity index (χ2v) is 2.90. The van der Waals surface area contributed by atoms with Crippen LogP contribution in [0.25, 0.3) is 0 Å². The summed E-state index contributed by atoms with van der Waals surface area (Å²) in [5.41, 5.74) is 0. The maximum atomic E-state index is 11.4. The lowest BCUT2D eigenvalue weighted by molar-refractivity contribution is -0.163. The van der Waals surface area contributed by atoms with Crippen LogP contribution >= 0.6 is 0 Å². The second-order valence-electron chi connectivity index (χ2n) is 2.90. The molecule has 0 N–H and O–H groups in total. The van der Waals surface area contributed by atoms with Crippen molar-refractivity contribution in [3.63, 3.8) is 0 Å². The van der Waals surface area contributed by atoms with Crippen molar-refractivity contribution in [2.75, 3.05) is 13.2 Å². The van der Waals surface area contributed by atoms with Gasteiger partial charge in [-0.05, 0) is 20.8 Å². The minimum Gasteiger partial charge on any atom is -0.465 e. The van der Waals surface area contributed by atoms with Crippen LogP contribution in [0.1, 0.15) is 20.8 Å². The third kappa shape index (κ3) is 3.98. The number of carbonyl (C=O) groups excluding carboxylic acids is 2. The van der Waals surface area contributed by atoms with Gasteiger partial charge in [-0.1, -0.05) is 0 Å². The van der Waals surface area contributed by atoms with Crippen LogP contribution in [0.2, 0.25) is 0 Å². The number of esters is 2. The Balaban J connectivity index is 4.66. The normalized spacial score (nSPS) is 11.7. The van der Waals surface area contributed by atoms with Crippen LogP contribution in [-0.4, -0.2) is 25.2 Å². The van der Waals surface area contributed by atoms with Gasteiger partial charge in [0, 0.05) is 0 Å². The molecule has 84 valence electrons. The standard InChI is InChI=1S/C10H15NO4/c1-4-14-9(12)8(7(3)6-11)10(13)15-5-2/h7-8H,4-5H2,1-3H3. The molecule has 0 aromatic heterocycles. The van der Waals surface area contributed by atoms with Gasteiger partial charge in [-0.15, -0.1) is 0 Å². The number of rotatable bonds is 5. The summed E-state index contributed by atoms with van der Waals surface area (Å²) >= 11 is 0. The molecule has 0 bridgehead atoms.